The zero-order valence-electron chi connectivity index (χ0n) is 8.82. The molecule has 0 unspecified atom stereocenters. The average Bonchev–Trinajstić information content (AvgIpc) is 2.02. The molecule has 1 aromatic rings. The summed E-state index contributed by atoms with van der Waals surface area (Å²) in [7, 11) is -0.545. The smallest absolute Gasteiger partial charge is 0.156 e. The van der Waals surface area contributed by atoms with Gasteiger partial charge in [-0.1, -0.05) is 39.0 Å². The van der Waals surface area contributed by atoms with E-state index in [9.17, 15) is 0 Å². The van der Waals surface area contributed by atoms with Crippen molar-refractivity contribution in [2.75, 3.05) is 0 Å². The molecule has 0 aliphatic heterocycles. The molecular weight excluding hydrogens is 196 g/mol. The van der Waals surface area contributed by atoms with E-state index in [1.807, 2.05) is 0 Å². The molecule has 1 rings (SSSR count). The molecule has 0 heterocycles. The fourth-order valence-corrected chi connectivity index (χ4v) is 3.13. The van der Waals surface area contributed by atoms with Gasteiger partial charge in [-0.15, -0.1) is 0 Å². The van der Waals surface area contributed by atoms with Crippen LogP contribution >= 0.6 is 11.1 Å². The quantitative estimate of drug-likeness (QED) is 0.495. The van der Waals surface area contributed by atoms with Crippen LogP contribution in [0.4, 0.5) is 0 Å². The van der Waals surface area contributed by atoms with Crippen LogP contribution in [0.5, 0.6) is 0 Å². The summed E-state index contributed by atoms with van der Waals surface area (Å²) in [5.41, 5.74) is 3.07. The molecule has 0 saturated carbocycles. The lowest BCUT2D eigenvalue weighted by molar-refractivity contribution is 0.587. The molecule has 0 N–H and O–H groups in total. The molecule has 13 heavy (non-hydrogen) atoms. The van der Waals surface area contributed by atoms with Gasteiger partial charge < -0.3 is 0 Å². The Morgan fingerprint density at radius 2 is 1.85 bits per heavy atom. The first-order valence-electron chi connectivity index (χ1n) is 4.61. The first-order chi connectivity index (χ1) is 5.96. The van der Waals surface area contributed by atoms with Crippen LogP contribution in [0.15, 0.2) is 18.2 Å². The Balaban J connectivity index is 3.24. The Bertz CT molecular complexity index is 299. The van der Waals surface area contributed by atoms with E-state index in [-0.39, 0.29) is 5.41 Å². The van der Waals surface area contributed by atoms with Gasteiger partial charge in [0, 0.05) is 0 Å². The average molecular weight is 213 g/mol. The lowest BCUT2D eigenvalue weighted by Gasteiger charge is -2.22. The van der Waals surface area contributed by atoms with Gasteiger partial charge in [-0.2, -0.15) is 11.1 Å². The number of halogens is 1. The Morgan fingerprint density at radius 1 is 1.23 bits per heavy atom. The van der Waals surface area contributed by atoms with Crippen LogP contribution in [-0.2, 0) is 5.41 Å². The third-order valence-corrected chi connectivity index (χ3v) is 4.32. The predicted molar refractivity (Wildman–Crippen MR) is 63.9 cm³/mol. The Kier molecular flexibility index (Phi) is 3.20. The maximum absolute atomic E-state index is 5.99. The molecule has 0 aliphatic rings. The molecule has 0 radical (unpaired) electrons. The van der Waals surface area contributed by atoms with Crippen molar-refractivity contribution in [3.63, 3.8) is 0 Å². The van der Waals surface area contributed by atoms with Crippen molar-refractivity contribution >= 4 is 25.1 Å². The van der Waals surface area contributed by atoms with Crippen LogP contribution in [0.25, 0.3) is 0 Å². The molecule has 1 aromatic carbocycles. The highest BCUT2D eigenvalue weighted by Gasteiger charge is 2.16. The predicted octanol–water partition coefficient (Wildman–Crippen LogP) is 2.24. The summed E-state index contributed by atoms with van der Waals surface area (Å²) in [5, 5.41) is 1.38. The first-order valence-corrected chi connectivity index (χ1v) is 7.46. The van der Waals surface area contributed by atoms with Crippen molar-refractivity contribution in [1.29, 1.82) is 0 Å². The van der Waals surface area contributed by atoms with Crippen molar-refractivity contribution in [2.24, 2.45) is 0 Å². The molecule has 2 heteroatoms. The first kappa shape index (κ1) is 10.8. The van der Waals surface area contributed by atoms with Crippen LogP contribution in [0.3, 0.4) is 0 Å². The van der Waals surface area contributed by atoms with E-state index >= 15 is 0 Å². The van der Waals surface area contributed by atoms with Gasteiger partial charge in [0.15, 0.2) is 8.83 Å². The van der Waals surface area contributed by atoms with E-state index in [1.165, 1.54) is 16.3 Å². The molecular formula is C11H17ClSi. The second-order valence-electron chi connectivity index (χ2n) is 4.47. The van der Waals surface area contributed by atoms with E-state index < -0.39 is 8.83 Å². The molecule has 0 fully saturated rings. The van der Waals surface area contributed by atoms with Crippen LogP contribution in [0.2, 0.25) is 0 Å². The Labute approximate surface area is 87.8 Å². The van der Waals surface area contributed by atoms with Gasteiger partial charge in [-0.05, 0) is 28.7 Å². The van der Waals surface area contributed by atoms with E-state index in [0.717, 1.165) is 0 Å². The van der Waals surface area contributed by atoms with Crippen LogP contribution in [-0.4, -0.2) is 8.83 Å². The third-order valence-electron chi connectivity index (χ3n) is 2.40. The van der Waals surface area contributed by atoms with Gasteiger partial charge in [0.05, 0.1) is 0 Å². The van der Waals surface area contributed by atoms with E-state index in [1.54, 1.807) is 0 Å². The van der Waals surface area contributed by atoms with E-state index in [0.29, 0.717) is 0 Å². The van der Waals surface area contributed by atoms with Crippen LogP contribution in [0.1, 0.15) is 31.9 Å². The van der Waals surface area contributed by atoms with Gasteiger partial charge in [0.25, 0.3) is 0 Å². The molecule has 0 atom stereocenters. The highest BCUT2D eigenvalue weighted by atomic mass is 35.6. The Hall–Kier alpha value is -0.273. The van der Waals surface area contributed by atoms with Crippen molar-refractivity contribution in [1.82, 2.24) is 0 Å². The number of benzene rings is 1. The highest BCUT2D eigenvalue weighted by Crippen LogP contribution is 2.24. The van der Waals surface area contributed by atoms with Crippen molar-refractivity contribution < 1.29 is 0 Å². The van der Waals surface area contributed by atoms with Crippen LogP contribution in [0, 0.1) is 6.92 Å². The molecule has 0 aromatic heterocycles. The third kappa shape index (κ3) is 2.35. The van der Waals surface area contributed by atoms with Gasteiger partial charge in [0.1, 0.15) is 0 Å². The van der Waals surface area contributed by atoms with Gasteiger partial charge in [-0.3, -0.25) is 0 Å². The van der Waals surface area contributed by atoms with Gasteiger partial charge >= 0.3 is 0 Å². The maximum Gasteiger partial charge on any atom is 0.156 e. The van der Waals surface area contributed by atoms with Gasteiger partial charge in [-0.25, -0.2) is 0 Å². The summed E-state index contributed by atoms with van der Waals surface area (Å²) in [4.78, 5) is 0. The summed E-state index contributed by atoms with van der Waals surface area (Å²) in [6.07, 6.45) is 0. The zero-order valence-corrected chi connectivity index (χ0v) is 11.0. The molecule has 0 saturated heterocycles. The Morgan fingerprint density at radius 3 is 2.31 bits per heavy atom. The van der Waals surface area contributed by atoms with Crippen molar-refractivity contribution in [3.8, 4) is 0 Å². The molecule has 0 aliphatic carbocycles. The molecule has 0 spiro atoms. The van der Waals surface area contributed by atoms with Crippen molar-refractivity contribution in [2.45, 2.75) is 33.1 Å². The molecule has 72 valence electrons. The van der Waals surface area contributed by atoms with Crippen molar-refractivity contribution in [3.05, 3.63) is 29.3 Å². The maximum atomic E-state index is 5.99. The summed E-state index contributed by atoms with van der Waals surface area (Å²) >= 11 is 5.99. The minimum absolute atomic E-state index is 0.237. The number of rotatable bonds is 1. The largest absolute Gasteiger partial charge is 0.170 e. The van der Waals surface area contributed by atoms with Crippen LogP contribution < -0.4 is 5.19 Å². The standard InChI is InChI=1S/C11H17ClSi/c1-8-9(11(2,3)4)6-5-7-10(8)13-12/h5-7H,13H2,1-4H3. The SMILES string of the molecule is Cc1c([SiH2]Cl)cccc1C(C)(C)C. The minimum Gasteiger partial charge on any atom is -0.170 e. The fraction of sp³-hybridized carbons (Fsp3) is 0.455. The minimum atomic E-state index is -0.545. The molecule has 0 amide bonds. The second-order valence-corrected chi connectivity index (χ2v) is 6.30. The molecule has 0 nitrogen and oxygen atoms in total. The normalized spacial score (nSPS) is 12.7. The van der Waals surface area contributed by atoms with E-state index in [4.69, 9.17) is 11.1 Å². The van der Waals surface area contributed by atoms with Gasteiger partial charge in [0.2, 0.25) is 0 Å². The summed E-state index contributed by atoms with van der Waals surface area (Å²) < 4.78 is 0. The number of hydrogen-bond acceptors (Lipinski definition) is 0. The fourth-order valence-electron chi connectivity index (χ4n) is 1.64. The number of hydrogen-bond donors (Lipinski definition) is 0. The van der Waals surface area contributed by atoms with E-state index in [2.05, 4.69) is 45.9 Å². The summed E-state index contributed by atoms with van der Waals surface area (Å²) in [6, 6.07) is 6.49. The highest BCUT2D eigenvalue weighted by molar-refractivity contribution is 7.01. The monoisotopic (exact) mass is 212 g/mol. The topological polar surface area (TPSA) is 0 Å². The summed E-state index contributed by atoms with van der Waals surface area (Å²) in [6.45, 7) is 8.92. The summed E-state index contributed by atoms with van der Waals surface area (Å²) in [5.74, 6) is 0. The molecule has 0 bridgehead atoms. The lowest BCUT2D eigenvalue weighted by atomic mass is 9.84. The second kappa shape index (κ2) is 3.85. The lowest BCUT2D eigenvalue weighted by Crippen LogP contribution is -2.21. The zero-order chi connectivity index (χ0) is 10.1.